The summed E-state index contributed by atoms with van der Waals surface area (Å²) >= 11 is 0. The van der Waals surface area contributed by atoms with Crippen LogP contribution in [0.15, 0.2) is 12.3 Å². The number of aryl methyl sites for hydroxylation is 1. The SMILES string of the molecule is COc1ncc([C@H](O)CC(=O)O)cc1C. The predicted molar refractivity (Wildman–Crippen MR) is 52.7 cm³/mol. The van der Waals surface area contributed by atoms with Crippen LogP contribution >= 0.6 is 0 Å². The Labute approximate surface area is 87.3 Å². The van der Waals surface area contributed by atoms with E-state index in [1.54, 1.807) is 13.0 Å². The molecular weight excluding hydrogens is 198 g/mol. The van der Waals surface area contributed by atoms with Gasteiger partial charge >= 0.3 is 5.97 Å². The minimum Gasteiger partial charge on any atom is -0.481 e. The van der Waals surface area contributed by atoms with E-state index in [4.69, 9.17) is 9.84 Å². The van der Waals surface area contributed by atoms with Gasteiger partial charge in [-0.1, -0.05) is 0 Å². The van der Waals surface area contributed by atoms with Crippen molar-refractivity contribution in [2.24, 2.45) is 0 Å². The molecule has 2 N–H and O–H groups in total. The number of nitrogens with zero attached hydrogens (tertiary/aromatic N) is 1. The summed E-state index contributed by atoms with van der Waals surface area (Å²) in [6.07, 6.45) is 0.0620. The van der Waals surface area contributed by atoms with E-state index in [2.05, 4.69) is 4.98 Å². The fraction of sp³-hybridized carbons (Fsp3) is 0.400. The van der Waals surface area contributed by atoms with Crippen molar-refractivity contribution in [2.45, 2.75) is 19.4 Å². The van der Waals surface area contributed by atoms with E-state index in [9.17, 15) is 9.90 Å². The molecule has 0 aliphatic rings. The van der Waals surface area contributed by atoms with Crippen LogP contribution in [0.5, 0.6) is 5.88 Å². The number of ether oxygens (including phenoxy) is 1. The highest BCUT2D eigenvalue weighted by Crippen LogP contribution is 2.21. The molecule has 0 bridgehead atoms. The number of aromatic nitrogens is 1. The van der Waals surface area contributed by atoms with Crippen LogP contribution in [0, 0.1) is 6.92 Å². The molecule has 0 aromatic carbocycles. The van der Waals surface area contributed by atoms with Gasteiger partial charge in [0.25, 0.3) is 0 Å². The molecule has 0 saturated carbocycles. The second-order valence-electron chi connectivity index (χ2n) is 3.21. The summed E-state index contributed by atoms with van der Waals surface area (Å²) in [6.45, 7) is 1.78. The first kappa shape index (κ1) is 11.5. The summed E-state index contributed by atoms with van der Waals surface area (Å²) in [7, 11) is 1.50. The number of aliphatic carboxylic acids is 1. The number of rotatable bonds is 4. The first-order valence-electron chi connectivity index (χ1n) is 4.45. The van der Waals surface area contributed by atoms with Gasteiger partial charge in [-0.3, -0.25) is 4.79 Å². The number of aliphatic hydroxyl groups is 1. The van der Waals surface area contributed by atoms with Crippen LogP contribution in [0.4, 0.5) is 0 Å². The summed E-state index contributed by atoms with van der Waals surface area (Å²) in [5.41, 5.74) is 1.25. The van der Waals surface area contributed by atoms with Gasteiger partial charge in [-0.2, -0.15) is 0 Å². The molecule has 5 heteroatoms. The molecule has 0 amide bonds. The maximum atomic E-state index is 10.4. The van der Waals surface area contributed by atoms with Gasteiger partial charge in [0.1, 0.15) is 0 Å². The van der Waals surface area contributed by atoms with Crippen LogP contribution in [0.2, 0.25) is 0 Å². The van der Waals surface area contributed by atoms with Crippen molar-refractivity contribution >= 4 is 5.97 Å². The lowest BCUT2D eigenvalue weighted by Gasteiger charge is -2.10. The van der Waals surface area contributed by atoms with E-state index in [1.165, 1.54) is 13.3 Å². The Kier molecular flexibility index (Phi) is 3.62. The van der Waals surface area contributed by atoms with Gasteiger partial charge in [0.05, 0.1) is 19.6 Å². The molecule has 5 nitrogen and oxygen atoms in total. The summed E-state index contributed by atoms with van der Waals surface area (Å²) in [4.78, 5) is 14.3. The van der Waals surface area contributed by atoms with Crippen molar-refractivity contribution in [3.63, 3.8) is 0 Å². The van der Waals surface area contributed by atoms with Crippen LogP contribution in [-0.4, -0.2) is 28.3 Å². The normalized spacial score (nSPS) is 12.2. The van der Waals surface area contributed by atoms with Gasteiger partial charge < -0.3 is 14.9 Å². The van der Waals surface area contributed by atoms with E-state index < -0.39 is 12.1 Å². The highest BCUT2D eigenvalue weighted by atomic mass is 16.5. The maximum absolute atomic E-state index is 10.4. The number of hydrogen-bond acceptors (Lipinski definition) is 4. The third kappa shape index (κ3) is 2.92. The van der Waals surface area contributed by atoms with E-state index in [0.29, 0.717) is 11.4 Å². The van der Waals surface area contributed by atoms with Gasteiger partial charge in [0.15, 0.2) is 0 Å². The van der Waals surface area contributed by atoms with Crippen molar-refractivity contribution in [3.05, 3.63) is 23.4 Å². The molecule has 0 unspecified atom stereocenters. The molecule has 0 aliphatic heterocycles. The lowest BCUT2D eigenvalue weighted by molar-refractivity contribution is -0.139. The van der Waals surface area contributed by atoms with Gasteiger partial charge in [-0.15, -0.1) is 0 Å². The fourth-order valence-corrected chi connectivity index (χ4v) is 1.26. The van der Waals surface area contributed by atoms with Crippen LogP contribution in [0.3, 0.4) is 0 Å². The average Bonchev–Trinajstić information content (AvgIpc) is 2.16. The van der Waals surface area contributed by atoms with Crippen LogP contribution in [0.1, 0.15) is 23.7 Å². The summed E-state index contributed by atoms with van der Waals surface area (Å²) < 4.78 is 4.95. The van der Waals surface area contributed by atoms with Crippen LogP contribution in [-0.2, 0) is 4.79 Å². The lowest BCUT2D eigenvalue weighted by atomic mass is 10.1. The van der Waals surface area contributed by atoms with Crippen molar-refractivity contribution in [1.82, 2.24) is 4.98 Å². The van der Waals surface area contributed by atoms with E-state index >= 15 is 0 Å². The number of aliphatic hydroxyl groups excluding tert-OH is 1. The van der Waals surface area contributed by atoms with Gasteiger partial charge in [-0.25, -0.2) is 4.98 Å². The van der Waals surface area contributed by atoms with E-state index in [-0.39, 0.29) is 6.42 Å². The third-order valence-electron chi connectivity index (χ3n) is 2.00. The number of methoxy groups -OCH3 is 1. The van der Waals surface area contributed by atoms with Crippen LogP contribution < -0.4 is 4.74 Å². The Morgan fingerprint density at radius 3 is 2.80 bits per heavy atom. The molecular formula is C10H13NO4. The molecule has 1 heterocycles. The summed E-state index contributed by atoms with van der Waals surface area (Å²) in [5, 5.41) is 18.0. The second-order valence-corrected chi connectivity index (χ2v) is 3.21. The fourth-order valence-electron chi connectivity index (χ4n) is 1.26. The van der Waals surface area contributed by atoms with Crippen molar-refractivity contribution < 1.29 is 19.7 Å². The summed E-state index contributed by atoms with van der Waals surface area (Å²) in [5.74, 6) is -0.572. The monoisotopic (exact) mass is 211 g/mol. The standard InChI is InChI=1S/C10H13NO4/c1-6-3-7(5-11-10(6)15-2)8(12)4-9(13)14/h3,5,8,12H,4H2,1-2H3,(H,13,14)/t8-/m1/s1. The van der Waals surface area contributed by atoms with Gasteiger partial charge in [-0.05, 0) is 18.6 Å². The molecule has 0 saturated heterocycles. The quantitative estimate of drug-likeness (QED) is 0.773. The highest BCUT2D eigenvalue weighted by Gasteiger charge is 2.13. The Bertz CT molecular complexity index is 364. The number of carboxylic acids is 1. The zero-order chi connectivity index (χ0) is 11.4. The number of hydrogen-bond donors (Lipinski definition) is 2. The Hall–Kier alpha value is -1.62. The number of carbonyl (C=O) groups is 1. The molecule has 1 rings (SSSR count). The minimum absolute atomic E-state index is 0.326. The smallest absolute Gasteiger partial charge is 0.306 e. The molecule has 82 valence electrons. The first-order chi connectivity index (χ1) is 7.04. The molecule has 0 aliphatic carbocycles. The zero-order valence-electron chi connectivity index (χ0n) is 8.60. The summed E-state index contributed by atoms with van der Waals surface area (Å²) in [6, 6.07) is 1.67. The molecule has 1 atom stereocenters. The van der Waals surface area contributed by atoms with E-state index in [0.717, 1.165) is 5.56 Å². The van der Waals surface area contributed by atoms with E-state index in [1.807, 2.05) is 0 Å². The zero-order valence-corrected chi connectivity index (χ0v) is 8.60. The number of carboxylic acid groups (broad SMARTS) is 1. The average molecular weight is 211 g/mol. The molecule has 1 aromatic rings. The maximum Gasteiger partial charge on any atom is 0.306 e. The van der Waals surface area contributed by atoms with Crippen molar-refractivity contribution in [1.29, 1.82) is 0 Å². The Morgan fingerprint density at radius 1 is 1.67 bits per heavy atom. The second kappa shape index (κ2) is 4.75. The minimum atomic E-state index is -1.05. The lowest BCUT2D eigenvalue weighted by Crippen LogP contribution is -2.06. The number of pyridine rings is 1. The Balaban J connectivity index is 2.87. The highest BCUT2D eigenvalue weighted by molar-refractivity contribution is 5.67. The molecule has 0 radical (unpaired) electrons. The predicted octanol–water partition coefficient (Wildman–Crippen LogP) is 0.907. The molecule has 0 fully saturated rings. The first-order valence-corrected chi connectivity index (χ1v) is 4.45. The van der Waals surface area contributed by atoms with Crippen molar-refractivity contribution in [2.75, 3.05) is 7.11 Å². The third-order valence-corrected chi connectivity index (χ3v) is 2.00. The molecule has 0 spiro atoms. The Morgan fingerprint density at radius 2 is 2.33 bits per heavy atom. The largest absolute Gasteiger partial charge is 0.481 e. The molecule has 15 heavy (non-hydrogen) atoms. The van der Waals surface area contributed by atoms with Gasteiger partial charge in [0.2, 0.25) is 5.88 Å². The van der Waals surface area contributed by atoms with Gasteiger partial charge in [0, 0.05) is 11.8 Å². The topological polar surface area (TPSA) is 79.7 Å². The van der Waals surface area contributed by atoms with Crippen LogP contribution in [0.25, 0.3) is 0 Å². The molecule has 1 aromatic heterocycles. The van der Waals surface area contributed by atoms with Crippen molar-refractivity contribution in [3.8, 4) is 5.88 Å².